The summed E-state index contributed by atoms with van der Waals surface area (Å²) < 4.78 is 10.7. The Morgan fingerprint density at radius 1 is 1.15 bits per heavy atom. The molecule has 6 nitrogen and oxygen atoms in total. The maximum Gasteiger partial charge on any atom is 0.347 e. The van der Waals surface area contributed by atoms with Crippen LogP contribution in [0, 0.1) is 6.92 Å². The highest BCUT2D eigenvalue weighted by molar-refractivity contribution is 6.36. The van der Waals surface area contributed by atoms with Crippen molar-refractivity contribution >= 4 is 40.9 Å². The number of amides is 1. The number of nitrogens with one attached hydrogen (secondary N) is 1. The summed E-state index contributed by atoms with van der Waals surface area (Å²) in [6.45, 7) is 4.90. The largest absolute Gasteiger partial charge is 0.479 e. The van der Waals surface area contributed by atoms with Gasteiger partial charge < -0.3 is 14.8 Å². The van der Waals surface area contributed by atoms with E-state index >= 15 is 0 Å². The summed E-state index contributed by atoms with van der Waals surface area (Å²) in [4.78, 5) is 28.2. The number of hydrogen-bond acceptors (Lipinski definition) is 5. The maximum atomic E-state index is 12.1. The highest BCUT2D eigenvalue weighted by atomic mass is 35.5. The third-order valence-electron chi connectivity index (χ3n) is 3.35. The number of carbonyl (C=O) groups excluding carboxylic acids is 2. The van der Waals surface area contributed by atoms with Crippen LogP contribution in [-0.2, 0) is 14.3 Å². The average molecular weight is 397 g/mol. The van der Waals surface area contributed by atoms with Gasteiger partial charge in [-0.25, -0.2) is 9.78 Å². The predicted molar refractivity (Wildman–Crippen MR) is 99.7 cm³/mol. The van der Waals surface area contributed by atoms with Gasteiger partial charge in [0.05, 0.1) is 10.0 Å². The highest BCUT2D eigenvalue weighted by Crippen LogP contribution is 2.22. The van der Waals surface area contributed by atoms with Crippen molar-refractivity contribution in [1.29, 1.82) is 0 Å². The molecule has 1 N–H and O–H groups in total. The molecule has 138 valence electrons. The van der Waals surface area contributed by atoms with E-state index in [1.807, 2.05) is 19.1 Å². The Bertz CT molecular complexity index is 814. The van der Waals surface area contributed by atoms with Crippen LogP contribution in [0.25, 0.3) is 0 Å². The molecule has 0 spiro atoms. The summed E-state index contributed by atoms with van der Waals surface area (Å²) in [6.07, 6.45) is -0.582. The van der Waals surface area contributed by atoms with E-state index in [0.717, 1.165) is 5.56 Å². The van der Waals surface area contributed by atoms with E-state index in [1.54, 1.807) is 19.1 Å². The van der Waals surface area contributed by atoms with E-state index in [2.05, 4.69) is 10.3 Å². The van der Waals surface area contributed by atoms with Gasteiger partial charge in [-0.1, -0.05) is 35.3 Å². The van der Waals surface area contributed by atoms with Gasteiger partial charge in [0, 0.05) is 6.20 Å². The van der Waals surface area contributed by atoms with Crippen molar-refractivity contribution in [2.45, 2.75) is 33.0 Å². The molecule has 1 amide bonds. The molecule has 0 unspecified atom stereocenters. The normalized spacial score (nSPS) is 12.8. The van der Waals surface area contributed by atoms with Crippen LogP contribution in [0.2, 0.25) is 10.0 Å². The van der Waals surface area contributed by atoms with Gasteiger partial charge in [-0.05, 0) is 44.5 Å². The molecule has 2 aromatic rings. The van der Waals surface area contributed by atoms with Gasteiger partial charge in [-0.15, -0.1) is 0 Å². The van der Waals surface area contributed by atoms with Crippen molar-refractivity contribution in [2.24, 2.45) is 0 Å². The molecule has 8 heteroatoms. The first kappa shape index (κ1) is 20.0. The van der Waals surface area contributed by atoms with Crippen molar-refractivity contribution < 1.29 is 19.1 Å². The molecule has 0 aliphatic rings. The van der Waals surface area contributed by atoms with Crippen molar-refractivity contribution in [3.63, 3.8) is 0 Å². The highest BCUT2D eigenvalue weighted by Gasteiger charge is 2.24. The minimum atomic E-state index is -1.06. The summed E-state index contributed by atoms with van der Waals surface area (Å²) in [5.74, 6) is -0.557. The third kappa shape index (κ3) is 5.61. The summed E-state index contributed by atoms with van der Waals surface area (Å²) >= 11 is 11.7. The molecule has 1 aromatic carbocycles. The van der Waals surface area contributed by atoms with E-state index in [0.29, 0.717) is 10.8 Å². The fourth-order valence-electron chi connectivity index (χ4n) is 1.99. The lowest BCUT2D eigenvalue weighted by Gasteiger charge is -2.18. The molecule has 2 rings (SSSR count). The zero-order valence-electron chi connectivity index (χ0n) is 14.5. The topological polar surface area (TPSA) is 77.5 Å². The van der Waals surface area contributed by atoms with Gasteiger partial charge in [0.2, 0.25) is 0 Å². The van der Waals surface area contributed by atoms with Crippen molar-refractivity contribution in [2.75, 3.05) is 5.32 Å². The summed E-state index contributed by atoms with van der Waals surface area (Å²) in [5, 5.41) is 3.00. The molecule has 1 heterocycles. The van der Waals surface area contributed by atoms with E-state index in [1.165, 1.54) is 19.2 Å². The Kier molecular flexibility index (Phi) is 6.83. The van der Waals surface area contributed by atoms with Gasteiger partial charge in [-0.3, -0.25) is 4.79 Å². The lowest BCUT2D eigenvalue weighted by molar-refractivity contribution is -0.159. The predicted octanol–water partition coefficient (Wildman–Crippen LogP) is 4.03. The molecular formula is C18H18Cl2N2O4. The molecule has 26 heavy (non-hydrogen) atoms. The number of ether oxygens (including phenoxy) is 2. The molecule has 2 atom stereocenters. The van der Waals surface area contributed by atoms with Crippen molar-refractivity contribution in [1.82, 2.24) is 4.98 Å². The lowest BCUT2D eigenvalue weighted by atomic mass is 10.2. The van der Waals surface area contributed by atoms with Crippen LogP contribution in [0.3, 0.4) is 0 Å². The number of rotatable bonds is 6. The smallest absolute Gasteiger partial charge is 0.347 e. The first-order valence-corrected chi connectivity index (χ1v) is 8.57. The van der Waals surface area contributed by atoms with Gasteiger partial charge >= 0.3 is 5.97 Å². The number of benzene rings is 1. The Morgan fingerprint density at radius 3 is 2.54 bits per heavy atom. The number of carbonyl (C=O) groups is 2. The molecule has 0 saturated heterocycles. The molecule has 0 aliphatic heterocycles. The maximum absolute atomic E-state index is 12.1. The Labute approximate surface area is 161 Å². The first-order chi connectivity index (χ1) is 12.3. The van der Waals surface area contributed by atoms with Gasteiger partial charge in [0.15, 0.2) is 18.0 Å². The number of anilines is 1. The van der Waals surface area contributed by atoms with E-state index < -0.39 is 24.1 Å². The first-order valence-electron chi connectivity index (χ1n) is 7.82. The van der Waals surface area contributed by atoms with Gasteiger partial charge in [0.25, 0.3) is 5.91 Å². The number of nitrogens with zero attached hydrogens (tertiary/aromatic N) is 1. The zero-order chi connectivity index (χ0) is 19.3. The second-order valence-corrected chi connectivity index (χ2v) is 6.47. The average Bonchev–Trinajstić information content (AvgIpc) is 2.57. The van der Waals surface area contributed by atoms with Crippen LogP contribution in [0.1, 0.15) is 19.4 Å². The second kappa shape index (κ2) is 8.87. The quantitative estimate of drug-likeness (QED) is 0.745. The fraction of sp³-hybridized carbons (Fsp3) is 0.278. The van der Waals surface area contributed by atoms with Crippen LogP contribution < -0.4 is 10.1 Å². The molecule has 0 radical (unpaired) electrons. The number of aryl methyl sites for hydroxylation is 1. The summed E-state index contributed by atoms with van der Waals surface area (Å²) in [6, 6.07) is 8.72. The standard InChI is InChI=1S/C18H18Cl2N2O4/c1-10-5-4-6-14(7-10)25-12(3)18(24)26-11(2)17(23)22-16-15(20)8-13(19)9-21-16/h4-9,11-12H,1-3H3,(H,21,22,23)/t11-,12-/m1/s1. The Balaban J connectivity index is 1.91. The van der Waals surface area contributed by atoms with Crippen LogP contribution in [0.15, 0.2) is 36.5 Å². The minimum Gasteiger partial charge on any atom is -0.479 e. The number of esters is 1. The van der Waals surface area contributed by atoms with Crippen LogP contribution >= 0.6 is 23.2 Å². The van der Waals surface area contributed by atoms with Crippen molar-refractivity contribution in [3.8, 4) is 5.75 Å². The van der Waals surface area contributed by atoms with Crippen molar-refractivity contribution in [3.05, 3.63) is 52.1 Å². The third-order valence-corrected chi connectivity index (χ3v) is 3.84. The van der Waals surface area contributed by atoms with Gasteiger partial charge in [0.1, 0.15) is 5.75 Å². The van der Waals surface area contributed by atoms with Crippen LogP contribution in [0.4, 0.5) is 5.82 Å². The van der Waals surface area contributed by atoms with E-state index in [9.17, 15) is 9.59 Å². The fourth-order valence-corrected chi connectivity index (χ4v) is 2.42. The number of hydrogen-bond donors (Lipinski definition) is 1. The molecular weight excluding hydrogens is 379 g/mol. The van der Waals surface area contributed by atoms with E-state index in [4.69, 9.17) is 32.7 Å². The van der Waals surface area contributed by atoms with Crippen LogP contribution in [-0.4, -0.2) is 29.1 Å². The lowest BCUT2D eigenvalue weighted by Crippen LogP contribution is -2.35. The Morgan fingerprint density at radius 2 is 1.88 bits per heavy atom. The summed E-state index contributed by atoms with van der Waals surface area (Å²) in [7, 11) is 0. The molecule has 1 aromatic heterocycles. The molecule has 0 fully saturated rings. The SMILES string of the molecule is Cc1cccc(O[C@H](C)C(=O)O[C@H](C)C(=O)Nc2ncc(Cl)cc2Cl)c1. The zero-order valence-corrected chi connectivity index (χ0v) is 16.0. The van der Waals surface area contributed by atoms with E-state index in [-0.39, 0.29) is 10.8 Å². The monoisotopic (exact) mass is 396 g/mol. The Hall–Kier alpha value is -2.31. The number of halogens is 2. The number of aromatic nitrogens is 1. The summed E-state index contributed by atoms with van der Waals surface area (Å²) in [5.41, 5.74) is 1.00. The molecule has 0 bridgehead atoms. The van der Waals surface area contributed by atoms with Gasteiger partial charge in [-0.2, -0.15) is 0 Å². The minimum absolute atomic E-state index is 0.132. The molecule has 0 aliphatic carbocycles. The number of pyridine rings is 1. The molecule has 0 saturated carbocycles. The van der Waals surface area contributed by atoms with Crippen LogP contribution in [0.5, 0.6) is 5.75 Å². The second-order valence-electron chi connectivity index (χ2n) is 5.63.